The Morgan fingerprint density at radius 3 is 2.13 bits per heavy atom. The first-order valence-electron chi connectivity index (χ1n) is 10.3. The van der Waals surface area contributed by atoms with Crippen LogP contribution in [-0.4, -0.2) is 7.85 Å². The summed E-state index contributed by atoms with van der Waals surface area (Å²) in [4.78, 5) is 0. The molecule has 0 bridgehead atoms. The topological polar surface area (TPSA) is 0 Å². The predicted octanol–water partition coefficient (Wildman–Crippen LogP) is 7.28. The number of hydrogen-bond acceptors (Lipinski definition) is 0. The molecule has 0 aromatic carbocycles. The van der Waals surface area contributed by atoms with E-state index in [1.807, 2.05) is 0 Å². The Kier molecular flexibility index (Phi) is 7.74. The molecule has 134 valence electrons. The van der Waals surface area contributed by atoms with Gasteiger partial charge in [-0.25, -0.2) is 0 Å². The zero-order valence-electron chi connectivity index (χ0n) is 17.4. The zero-order valence-corrected chi connectivity index (χ0v) is 17.4. The third-order valence-corrected chi connectivity index (χ3v) is 7.00. The summed E-state index contributed by atoms with van der Waals surface area (Å²) in [6.07, 6.45) is 9.23. The molecule has 1 aliphatic carbocycles. The van der Waals surface area contributed by atoms with Crippen LogP contribution < -0.4 is 0 Å². The Morgan fingerprint density at radius 2 is 1.70 bits per heavy atom. The van der Waals surface area contributed by atoms with Crippen LogP contribution in [0.1, 0.15) is 100 Å². The average Bonchev–Trinajstić information content (AvgIpc) is 2.36. The fourth-order valence-electron chi connectivity index (χ4n) is 6.35. The van der Waals surface area contributed by atoms with Crippen molar-refractivity contribution in [2.24, 2.45) is 35.0 Å². The summed E-state index contributed by atoms with van der Waals surface area (Å²) in [5.41, 5.74) is 0.463. The maximum atomic E-state index is 6.71. The van der Waals surface area contributed by atoms with Crippen LogP contribution in [0.3, 0.4) is 0 Å². The van der Waals surface area contributed by atoms with Crippen molar-refractivity contribution in [2.45, 2.75) is 106 Å². The van der Waals surface area contributed by atoms with Crippen molar-refractivity contribution in [3.05, 3.63) is 0 Å². The lowest BCUT2D eigenvalue weighted by molar-refractivity contribution is 0.0492. The maximum Gasteiger partial charge on any atom is 0.0746 e. The minimum Gasteiger partial charge on any atom is -0.0674 e. The van der Waals surface area contributed by atoms with Crippen LogP contribution in [0.25, 0.3) is 0 Å². The highest BCUT2D eigenvalue weighted by Gasteiger charge is 2.41. The summed E-state index contributed by atoms with van der Waals surface area (Å²) in [6, 6.07) is 0. The van der Waals surface area contributed by atoms with E-state index in [1.165, 1.54) is 44.9 Å². The van der Waals surface area contributed by atoms with Crippen LogP contribution in [0.4, 0.5) is 0 Å². The standard InChI is InChI=1S/C22H43B/c1-9-13-21(7,20(16(2)3)17(4)5)15-12-19-18(6)11-10-14-22(19,8)23/h16-20H,9-15H2,1-8H3. The molecule has 0 spiro atoms. The summed E-state index contributed by atoms with van der Waals surface area (Å²) in [6.45, 7) is 19.4. The first-order chi connectivity index (χ1) is 10.5. The number of hydrogen-bond donors (Lipinski definition) is 0. The number of rotatable bonds is 8. The van der Waals surface area contributed by atoms with Gasteiger partial charge < -0.3 is 0 Å². The molecule has 0 nitrogen and oxygen atoms in total. The van der Waals surface area contributed by atoms with E-state index in [2.05, 4.69) is 55.4 Å². The van der Waals surface area contributed by atoms with Gasteiger partial charge in [0.2, 0.25) is 0 Å². The molecule has 2 radical (unpaired) electrons. The molecule has 4 unspecified atom stereocenters. The van der Waals surface area contributed by atoms with Crippen LogP contribution in [-0.2, 0) is 0 Å². The van der Waals surface area contributed by atoms with Crippen molar-refractivity contribution in [3.8, 4) is 0 Å². The van der Waals surface area contributed by atoms with Gasteiger partial charge in [-0.3, -0.25) is 0 Å². The van der Waals surface area contributed by atoms with Gasteiger partial charge >= 0.3 is 0 Å². The lowest BCUT2D eigenvalue weighted by Gasteiger charge is -2.48. The van der Waals surface area contributed by atoms with Crippen LogP contribution >= 0.6 is 0 Å². The van der Waals surface area contributed by atoms with Gasteiger partial charge in [-0.05, 0) is 54.3 Å². The normalized spacial score (nSPS) is 31.8. The van der Waals surface area contributed by atoms with E-state index >= 15 is 0 Å². The summed E-state index contributed by atoms with van der Waals surface area (Å²) in [5.74, 6) is 3.83. The lowest BCUT2D eigenvalue weighted by Crippen LogP contribution is -2.37. The summed E-state index contributed by atoms with van der Waals surface area (Å²) >= 11 is 0. The van der Waals surface area contributed by atoms with Gasteiger partial charge in [0.25, 0.3) is 0 Å². The third kappa shape index (κ3) is 5.27. The quantitative estimate of drug-likeness (QED) is 0.412. The van der Waals surface area contributed by atoms with Crippen molar-refractivity contribution in [2.75, 3.05) is 0 Å². The minimum absolute atomic E-state index is 0.0515. The fourth-order valence-corrected chi connectivity index (χ4v) is 6.35. The molecular formula is C22H43B. The summed E-state index contributed by atoms with van der Waals surface area (Å²) < 4.78 is 0. The van der Waals surface area contributed by atoms with Gasteiger partial charge in [0.15, 0.2) is 0 Å². The van der Waals surface area contributed by atoms with E-state index in [9.17, 15) is 0 Å². The Bertz CT molecular complexity index is 336. The second-order valence-electron chi connectivity index (χ2n) is 9.94. The highest BCUT2D eigenvalue weighted by molar-refractivity contribution is 6.15. The van der Waals surface area contributed by atoms with E-state index < -0.39 is 0 Å². The zero-order chi connectivity index (χ0) is 17.8. The molecule has 0 heterocycles. The summed E-state index contributed by atoms with van der Waals surface area (Å²) in [5, 5.41) is 0.0515. The highest BCUT2D eigenvalue weighted by Crippen LogP contribution is 2.53. The second-order valence-corrected chi connectivity index (χ2v) is 9.94. The minimum atomic E-state index is 0.0515. The first kappa shape index (κ1) is 21.1. The fraction of sp³-hybridized carbons (Fsp3) is 1.00. The van der Waals surface area contributed by atoms with Crippen LogP contribution in [0.2, 0.25) is 5.31 Å². The molecule has 1 heteroatoms. The van der Waals surface area contributed by atoms with Crippen molar-refractivity contribution >= 4 is 7.85 Å². The largest absolute Gasteiger partial charge is 0.0746 e. The van der Waals surface area contributed by atoms with E-state index in [-0.39, 0.29) is 5.31 Å². The van der Waals surface area contributed by atoms with Crippen molar-refractivity contribution in [1.82, 2.24) is 0 Å². The van der Waals surface area contributed by atoms with E-state index in [0.717, 1.165) is 23.7 Å². The Hall–Kier alpha value is 0.0649. The molecule has 1 rings (SSSR count). The van der Waals surface area contributed by atoms with Gasteiger partial charge in [0.1, 0.15) is 0 Å². The Morgan fingerprint density at radius 1 is 1.13 bits per heavy atom. The lowest BCUT2D eigenvalue weighted by atomic mass is 9.51. The molecule has 1 saturated carbocycles. The van der Waals surface area contributed by atoms with Gasteiger partial charge in [0, 0.05) is 0 Å². The Balaban J connectivity index is 2.90. The predicted molar refractivity (Wildman–Crippen MR) is 106 cm³/mol. The van der Waals surface area contributed by atoms with E-state index in [1.54, 1.807) is 0 Å². The molecule has 0 saturated heterocycles. The molecule has 0 N–H and O–H groups in total. The second kappa shape index (κ2) is 8.44. The third-order valence-electron chi connectivity index (χ3n) is 7.00. The summed E-state index contributed by atoms with van der Waals surface area (Å²) in [7, 11) is 6.71. The maximum absolute atomic E-state index is 6.71. The van der Waals surface area contributed by atoms with Crippen LogP contribution in [0.15, 0.2) is 0 Å². The van der Waals surface area contributed by atoms with Crippen molar-refractivity contribution < 1.29 is 0 Å². The highest BCUT2D eigenvalue weighted by atomic mass is 14.4. The van der Waals surface area contributed by atoms with E-state index in [0.29, 0.717) is 11.3 Å². The molecule has 4 atom stereocenters. The molecule has 1 fully saturated rings. The molecule has 0 aromatic rings. The monoisotopic (exact) mass is 318 g/mol. The van der Waals surface area contributed by atoms with Crippen LogP contribution in [0.5, 0.6) is 0 Å². The van der Waals surface area contributed by atoms with Crippen molar-refractivity contribution in [1.29, 1.82) is 0 Å². The van der Waals surface area contributed by atoms with Crippen molar-refractivity contribution in [3.63, 3.8) is 0 Å². The SMILES string of the molecule is [B]C1(C)CCCC(C)C1CCC(C)(CCC)C(C(C)C)C(C)C. The smallest absolute Gasteiger partial charge is 0.0674 e. The molecule has 23 heavy (non-hydrogen) atoms. The van der Waals surface area contributed by atoms with Gasteiger partial charge in [-0.2, -0.15) is 0 Å². The van der Waals surface area contributed by atoms with Gasteiger partial charge in [0.05, 0.1) is 7.85 Å². The van der Waals surface area contributed by atoms with Gasteiger partial charge in [-0.1, -0.05) is 86.4 Å². The van der Waals surface area contributed by atoms with Gasteiger partial charge in [-0.15, -0.1) is 0 Å². The van der Waals surface area contributed by atoms with E-state index in [4.69, 9.17) is 7.85 Å². The van der Waals surface area contributed by atoms with Crippen LogP contribution in [0, 0.1) is 35.0 Å². The molecule has 0 amide bonds. The Labute approximate surface area is 149 Å². The average molecular weight is 318 g/mol. The molecular weight excluding hydrogens is 275 g/mol. The molecule has 1 aliphatic rings. The molecule has 0 aliphatic heterocycles. The molecule has 0 aromatic heterocycles. The first-order valence-corrected chi connectivity index (χ1v) is 10.3.